The van der Waals surface area contributed by atoms with Crippen molar-refractivity contribution in [2.45, 2.75) is 38.8 Å². The Labute approximate surface area is 139 Å². The molecule has 6 nitrogen and oxygen atoms in total. The van der Waals surface area contributed by atoms with E-state index in [1.54, 1.807) is 33.0 Å². The van der Waals surface area contributed by atoms with Crippen LogP contribution in [0.1, 0.15) is 26.5 Å². The molecule has 0 radical (unpaired) electrons. The highest BCUT2D eigenvalue weighted by Gasteiger charge is 2.25. The molecule has 0 saturated carbocycles. The van der Waals surface area contributed by atoms with Gasteiger partial charge in [0.15, 0.2) is 0 Å². The van der Waals surface area contributed by atoms with E-state index in [0.29, 0.717) is 10.2 Å². The second-order valence-corrected chi connectivity index (χ2v) is 7.09. The molecule has 116 valence electrons. The highest BCUT2D eigenvalue weighted by molar-refractivity contribution is 9.11. The van der Waals surface area contributed by atoms with Gasteiger partial charge < -0.3 is 15.2 Å². The Morgan fingerprint density at radius 2 is 2.05 bits per heavy atom. The molecule has 1 aromatic heterocycles. The number of nitrogens with zero attached hydrogens (tertiary/aromatic N) is 1. The summed E-state index contributed by atoms with van der Waals surface area (Å²) in [5.41, 5.74) is -0.162. The Kier molecular flexibility index (Phi) is 6.15. The molecule has 0 aromatic carbocycles. The number of alkyl carbamates (subject to hydrolysis) is 1. The number of hydrogen-bond acceptors (Lipinski definition) is 4. The third-order valence-corrected chi connectivity index (χ3v) is 3.39. The number of carbonyl (C=O) groups is 2. The molecule has 1 heterocycles. The molecule has 1 rings (SSSR count). The number of carbonyl (C=O) groups excluding carboxylic acids is 1. The van der Waals surface area contributed by atoms with E-state index >= 15 is 0 Å². The quantitative estimate of drug-likeness (QED) is 0.776. The van der Waals surface area contributed by atoms with E-state index in [0.717, 1.165) is 4.47 Å². The van der Waals surface area contributed by atoms with Crippen LogP contribution in [0.25, 0.3) is 0 Å². The largest absolute Gasteiger partial charge is 0.480 e. The Morgan fingerprint density at radius 1 is 1.43 bits per heavy atom. The Bertz CT molecular complexity index is 543. The average molecular weight is 424 g/mol. The summed E-state index contributed by atoms with van der Waals surface area (Å²) in [5, 5.41) is 11.5. The SMILES string of the molecule is CC(C)(C)OC(=O)NC(Cc1ncc(Br)cc1Br)C(=O)O. The molecule has 0 aliphatic carbocycles. The van der Waals surface area contributed by atoms with Crippen molar-refractivity contribution < 1.29 is 19.4 Å². The Balaban J connectivity index is 2.79. The van der Waals surface area contributed by atoms with Gasteiger partial charge in [-0.15, -0.1) is 0 Å². The van der Waals surface area contributed by atoms with Crippen LogP contribution in [0.15, 0.2) is 21.2 Å². The van der Waals surface area contributed by atoms with Crippen LogP contribution in [0.4, 0.5) is 4.79 Å². The van der Waals surface area contributed by atoms with Crippen LogP contribution in [-0.4, -0.2) is 33.8 Å². The number of hydrogen-bond donors (Lipinski definition) is 2. The zero-order chi connectivity index (χ0) is 16.2. The van der Waals surface area contributed by atoms with Crippen molar-refractivity contribution in [1.29, 1.82) is 0 Å². The zero-order valence-electron chi connectivity index (χ0n) is 11.8. The predicted octanol–water partition coefficient (Wildman–Crippen LogP) is 3.13. The molecule has 8 heteroatoms. The second kappa shape index (κ2) is 7.22. The van der Waals surface area contributed by atoms with Gasteiger partial charge in [0.25, 0.3) is 0 Å². The van der Waals surface area contributed by atoms with Crippen LogP contribution in [0.2, 0.25) is 0 Å². The highest BCUT2D eigenvalue weighted by atomic mass is 79.9. The van der Waals surface area contributed by atoms with Gasteiger partial charge in [-0.2, -0.15) is 0 Å². The number of ether oxygens (including phenoxy) is 1. The van der Waals surface area contributed by atoms with Gasteiger partial charge in [0.2, 0.25) is 0 Å². The average Bonchev–Trinajstić information content (AvgIpc) is 2.28. The van der Waals surface area contributed by atoms with Gasteiger partial charge in [0, 0.05) is 21.6 Å². The highest BCUT2D eigenvalue weighted by Crippen LogP contribution is 2.20. The molecule has 0 bridgehead atoms. The molecule has 0 saturated heterocycles. The topological polar surface area (TPSA) is 88.5 Å². The lowest BCUT2D eigenvalue weighted by molar-refractivity contribution is -0.139. The van der Waals surface area contributed by atoms with Crippen molar-refractivity contribution in [2.75, 3.05) is 0 Å². The Morgan fingerprint density at radius 3 is 2.52 bits per heavy atom. The molecule has 2 N–H and O–H groups in total. The van der Waals surface area contributed by atoms with Crippen LogP contribution in [-0.2, 0) is 16.0 Å². The van der Waals surface area contributed by atoms with Crippen LogP contribution in [0, 0.1) is 0 Å². The van der Waals surface area contributed by atoms with Gasteiger partial charge in [0.05, 0.1) is 5.69 Å². The van der Waals surface area contributed by atoms with Crippen molar-refractivity contribution in [1.82, 2.24) is 10.3 Å². The minimum absolute atomic E-state index is 0.0441. The van der Waals surface area contributed by atoms with E-state index < -0.39 is 23.7 Å². The number of halogens is 2. The van der Waals surface area contributed by atoms with Gasteiger partial charge >= 0.3 is 12.1 Å². The van der Waals surface area contributed by atoms with Crippen molar-refractivity contribution in [3.8, 4) is 0 Å². The lowest BCUT2D eigenvalue weighted by Crippen LogP contribution is -2.44. The molecule has 0 aliphatic heterocycles. The number of nitrogens with one attached hydrogen (secondary N) is 1. The molecule has 1 atom stereocenters. The monoisotopic (exact) mass is 422 g/mol. The first-order valence-electron chi connectivity index (χ1n) is 6.11. The van der Waals surface area contributed by atoms with Crippen LogP contribution < -0.4 is 5.32 Å². The van der Waals surface area contributed by atoms with Crippen LogP contribution in [0.5, 0.6) is 0 Å². The van der Waals surface area contributed by atoms with E-state index in [2.05, 4.69) is 42.2 Å². The van der Waals surface area contributed by atoms with Gasteiger partial charge in [-0.1, -0.05) is 0 Å². The Hall–Kier alpha value is -1.15. The maximum absolute atomic E-state index is 11.7. The molecule has 21 heavy (non-hydrogen) atoms. The first-order chi connectivity index (χ1) is 9.58. The van der Waals surface area contributed by atoms with Crippen molar-refractivity contribution in [2.24, 2.45) is 0 Å². The van der Waals surface area contributed by atoms with Crippen LogP contribution in [0.3, 0.4) is 0 Å². The number of amides is 1. The standard InChI is InChI=1S/C13H16Br2N2O4/c1-13(2,3)21-12(20)17-10(11(18)19)5-9-8(15)4-7(14)6-16-9/h4,6,10H,5H2,1-3H3,(H,17,20)(H,18,19). The maximum Gasteiger partial charge on any atom is 0.408 e. The molecule has 1 aromatic rings. The van der Waals surface area contributed by atoms with E-state index in [1.165, 1.54) is 0 Å². The molecule has 1 unspecified atom stereocenters. The predicted molar refractivity (Wildman–Crippen MR) is 84.1 cm³/mol. The smallest absolute Gasteiger partial charge is 0.408 e. The van der Waals surface area contributed by atoms with Gasteiger partial charge in [-0.25, -0.2) is 9.59 Å². The fraction of sp³-hybridized carbons (Fsp3) is 0.462. The molecular weight excluding hydrogens is 408 g/mol. The molecule has 1 amide bonds. The fourth-order valence-corrected chi connectivity index (χ4v) is 2.59. The number of aromatic nitrogens is 1. The molecular formula is C13H16Br2N2O4. The molecule has 0 fully saturated rings. The number of carboxylic acids is 1. The third kappa shape index (κ3) is 6.43. The summed E-state index contributed by atoms with van der Waals surface area (Å²) in [6.07, 6.45) is 0.831. The zero-order valence-corrected chi connectivity index (χ0v) is 15.0. The fourth-order valence-electron chi connectivity index (χ4n) is 1.44. The molecule has 0 aliphatic rings. The first-order valence-corrected chi connectivity index (χ1v) is 7.69. The van der Waals surface area contributed by atoms with E-state index in [4.69, 9.17) is 4.74 Å². The minimum atomic E-state index is -1.16. The molecule has 0 spiro atoms. The lowest BCUT2D eigenvalue weighted by atomic mass is 10.1. The number of pyridine rings is 1. The van der Waals surface area contributed by atoms with Crippen molar-refractivity contribution in [3.63, 3.8) is 0 Å². The summed E-state index contributed by atoms with van der Waals surface area (Å²) in [6.45, 7) is 5.11. The number of aliphatic carboxylic acids is 1. The van der Waals surface area contributed by atoms with Gasteiger partial charge in [-0.3, -0.25) is 4.98 Å². The maximum atomic E-state index is 11.7. The van der Waals surface area contributed by atoms with Crippen LogP contribution >= 0.6 is 31.9 Å². The summed E-state index contributed by atoms with van der Waals surface area (Å²) >= 11 is 6.58. The van der Waals surface area contributed by atoms with Gasteiger partial charge in [0.1, 0.15) is 11.6 Å². The second-order valence-electron chi connectivity index (χ2n) is 5.32. The normalized spacial score (nSPS) is 12.6. The van der Waals surface area contributed by atoms with E-state index in [1.807, 2.05) is 0 Å². The van der Waals surface area contributed by atoms with Crippen molar-refractivity contribution in [3.05, 3.63) is 26.9 Å². The number of rotatable bonds is 4. The minimum Gasteiger partial charge on any atom is -0.480 e. The first kappa shape index (κ1) is 17.9. The van der Waals surface area contributed by atoms with E-state index in [9.17, 15) is 14.7 Å². The summed E-state index contributed by atoms with van der Waals surface area (Å²) < 4.78 is 6.48. The van der Waals surface area contributed by atoms with Gasteiger partial charge in [-0.05, 0) is 58.7 Å². The summed E-state index contributed by atoms with van der Waals surface area (Å²) in [7, 11) is 0. The third-order valence-electron chi connectivity index (χ3n) is 2.27. The lowest BCUT2D eigenvalue weighted by Gasteiger charge is -2.22. The summed E-state index contributed by atoms with van der Waals surface area (Å²) in [6, 6.07) is 0.638. The summed E-state index contributed by atoms with van der Waals surface area (Å²) in [5.74, 6) is -1.16. The van der Waals surface area contributed by atoms with E-state index in [-0.39, 0.29) is 6.42 Å². The number of carboxylic acid groups (broad SMARTS) is 1. The summed E-state index contributed by atoms with van der Waals surface area (Å²) in [4.78, 5) is 27.1. The van der Waals surface area contributed by atoms with Crippen molar-refractivity contribution >= 4 is 43.9 Å².